The molecule has 20 heavy (non-hydrogen) atoms. The summed E-state index contributed by atoms with van der Waals surface area (Å²) in [6, 6.07) is 3.30. The van der Waals surface area contributed by atoms with Gasteiger partial charge in [0.1, 0.15) is 11.2 Å². The third-order valence-corrected chi connectivity index (χ3v) is 3.00. The topological polar surface area (TPSA) is 87.2 Å². The average Bonchev–Trinajstić information content (AvgIpc) is 2.38. The third kappa shape index (κ3) is 2.13. The zero-order chi connectivity index (χ0) is 14.9. The molecule has 0 atom stereocenters. The van der Waals surface area contributed by atoms with Gasteiger partial charge < -0.3 is 10.5 Å². The first-order chi connectivity index (χ1) is 9.49. The van der Waals surface area contributed by atoms with Crippen molar-refractivity contribution >= 4 is 22.7 Å². The Balaban J connectivity index is 2.90. The van der Waals surface area contributed by atoms with E-state index >= 15 is 0 Å². The maximum atomic E-state index is 12.5. The van der Waals surface area contributed by atoms with Crippen LogP contribution in [-0.4, -0.2) is 22.1 Å². The first-order valence-corrected chi connectivity index (χ1v) is 6.44. The summed E-state index contributed by atoms with van der Waals surface area (Å²) >= 11 is 0. The number of fused-ring (bicyclic) bond motifs is 1. The van der Waals surface area contributed by atoms with Crippen molar-refractivity contribution in [3.63, 3.8) is 0 Å². The van der Waals surface area contributed by atoms with Crippen LogP contribution < -0.4 is 11.3 Å². The number of hydrogen-bond donors (Lipinski definition) is 1. The minimum absolute atomic E-state index is 0.119. The maximum Gasteiger partial charge on any atom is 0.345 e. The number of rotatable bonds is 3. The molecule has 0 spiro atoms. The Morgan fingerprint density at radius 2 is 2.20 bits per heavy atom. The van der Waals surface area contributed by atoms with E-state index in [2.05, 4.69) is 4.98 Å². The van der Waals surface area contributed by atoms with Gasteiger partial charge in [-0.2, -0.15) is 0 Å². The molecule has 0 aromatic carbocycles. The number of ether oxygens (including phenoxy) is 1. The minimum Gasteiger partial charge on any atom is -0.462 e. The summed E-state index contributed by atoms with van der Waals surface area (Å²) < 4.78 is 6.38. The molecule has 6 heteroatoms. The molecule has 0 radical (unpaired) electrons. The van der Waals surface area contributed by atoms with E-state index in [9.17, 15) is 9.59 Å². The molecule has 2 aromatic rings. The number of hydrogen-bond acceptors (Lipinski definition) is 5. The zero-order valence-electron chi connectivity index (χ0n) is 11.7. The van der Waals surface area contributed by atoms with Crippen LogP contribution in [0.15, 0.2) is 23.1 Å². The monoisotopic (exact) mass is 275 g/mol. The quantitative estimate of drug-likeness (QED) is 0.862. The molecule has 0 fully saturated rings. The smallest absolute Gasteiger partial charge is 0.345 e. The van der Waals surface area contributed by atoms with Gasteiger partial charge >= 0.3 is 5.97 Å². The molecule has 0 saturated heterocycles. The molecular weight excluding hydrogens is 258 g/mol. The fourth-order valence-corrected chi connectivity index (χ4v) is 2.15. The van der Waals surface area contributed by atoms with Crippen molar-refractivity contribution in [3.8, 4) is 0 Å². The lowest BCUT2D eigenvalue weighted by atomic mass is 10.1. The van der Waals surface area contributed by atoms with Gasteiger partial charge in [0, 0.05) is 17.6 Å². The molecule has 2 aromatic heterocycles. The largest absolute Gasteiger partial charge is 0.462 e. The molecule has 2 N–H and O–H groups in total. The van der Waals surface area contributed by atoms with Gasteiger partial charge in [0.15, 0.2) is 0 Å². The van der Waals surface area contributed by atoms with E-state index in [0.29, 0.717) is 11.0 Å². The van der Waals surface area contributed by atoms with Gasteiger partial charge in [-0.05, 0) is 32.9 Å². The van der Waals surface area contributed by atoms with Crippen LogP contribution in [0, 0.1) is 0 Å². The first-order valence-electron chi connectivity index (χ1n) is 6.44. The number of anilines is 1. The summed E-state index contributed by atoms with van der Waals surface area (Å²) in [5, 5.41) is 0.573. The van der Waals surface area contributed by atoms with Crippen molar-refractivity contribution in [1.29, 1.82) is 0 Å². The Bertz CT molecular complexity index is 719. The fraction of sp³-hybridized carbons (Fsp3) is 0.357. The molecule has 6 nitrogen and oxygen atoms in total. The Labute approximate surface area is 116 Å². The van der Waals surface area contributed by atoms with Crippen LogP contribution >= 0.6 is 0 Å². The molecule has 106 valence electrons. The summed E-state index contributed by atoms with van der Waals surface area (Å²) in [4.78, 5) is 28.7. The minimum atomic E-state index is -0.699. The highest BCUT2D eigenvalue weighted by molar-refractivity contribution is 6.03. The second-order valence-corrected chi connectivity index (χ2v) is 4.65. The summed E-state index contributed by atoms with van der Waals surface area (Å²) in [7, 11) is 0. The number of nitrogen functional groups attached to an aromatic ring is 1. The van der Waals surface area contributed by atoms with Crippen molar-refractivity contribution in [1.82, 2.24) is 9.55 Å². The Morgan fingerprint density at radius 1 is 1.50 bits per heavy atom. The Hall–Kier alpha value is -2.37. The number of nitrogens with two attached hydrogens (primary N) is 1. The van der Waals surface area contributed by atoms with E-state index in [1.807, 2.05) is 13.8 Å². The number of carbonyl (C=O) groups excluding carboxylic acids is 1. The van der Waals surface area contributed by atoms with Gasteiger partial charge in [0.25, 0.3) is 5.56 Å². The Kier molecular flexibility index (Phi) is 3.74. The van der Waals surface area contributed by atoms with Crippen molar-refractivity contribution < 1.29 is 9.53 Å². The highest BCUT2D eigenvalue weighted by Crippen LogP contribution is 2.23. The molecule has 2 rings (SSSR count). The molecule has 0 saturated carbocycles. The number of pyridine rings is 2. The van der Waals surface area contributed by atoms with Gasteiger partial charge in [-0.3, -0.25) is 9.36 Å². The van der Waals surface area contributed by atoms with E-state index in [0.717, 1.165) is 0 Å². The maximum absolute atomic E-state index is 12.5. The predicted octanol–water partition coefficient (Wildman–Crippen LogP) is 1.74. The SMILES string of the molecule is CCOC(=O)c1c(N)c2cccnc2n(C(C)C)c1=O. The normalized spacial score (nSPS) is 11.0. The van der Waals surface area contributed by atoms with E-state index in [-0.39, 0.29) is 23.9 Å². The standard InChI is InChI=1S/C14H17N3O3/c1-4-20-14(19)10-11(15)9-6-5-7-16-12(9)17(8(2)3)13(10)18/h5-8H,4,15H2,1-3H3. The van der Waals surface area contributed by atoms with Gasteiger partial charge in [-0.25, -0.2) is 9.78 Å². The van der Waals surface area contributed by atoms with Crippen molar-refractivity contribution in [2.75, 3.05) is 12.3 Å². The van der Waals surface area contributed by atoms with Gasteiger partial charge in [0.05, 0.1) is 12.3 Å². The van der Waals surface area contributed by atoms with Crippen LogP contribution in [0.4, 0.5) is 5.69 Å². The number of nitrogens with zero attached hydrogens (tertiary/aromatic N) is 2. The summed E-state index contributed by atoms with van der Waals surface area (Å²) in [6.07, 6.45) is 1.59. The third-order valence-electron chi connectivity index (χ3n) is 3.00. The first kappa shape index (κ1) is 14.0. The van der Waals surface area contributed by atoms with E-state index < -0.39 is 11.5 Å². The van der Waals surface area contributed by atoms with Crippen molar-refractivity contribution in [2.24, 2.45) is 0 Å². The fourth-order valence-electron chi connectivity index (χ4n) is 2.15. The summed E-state index contributed by atoms with van der Waals surface area (Å²) in [5.41, 5.74) is 5.96. The molecule has 0 aliphatic rings. The van der Waals surface area contributed by atoms with Gasteiger partial charge in [0.2, 0.25) is 0 Å². The second kappa shape index (κ2) is 5.32. The van der Waals surface area contributed by atoms with E-state index in [1.165, 1.54) is 4.57 Å². The van der Waals surface area contributed by atoms with Crippen LogP contribution in [0.2, 0.25) is 0 Å². The van der Waals surface area contributed by atoms with Gasteiger partial charge in [-0.1, -0.05) is 0 Å². The van der Waals surface area contributed by atoms with Crippen LogP contribution in [0.3, 0.4) is 0 Å². The Morgan fingerprint density at radius 3 is 2.80 bits per heavy atom. The van der Waals surface area contributed by atoms with E-state index in [4.69, 9.17) is 10.5 Å². The molecular formula is C14H17N3O3. The molecule has 2 heterocycles. The molecule has 0 bridgehead atoms. The second-order valence-electron chi connectivity index (χ2n) is 4.65. The van der Waals surface area contributed by atoms with Crippen molar-refractivity contribution in [2.45, 2.75) is 26.8 Å². The van der Waals surface area contributed by atoms with E-state index in [1.54, 1.807) is 25.3 Å². The lowest BCUT2D eigenvalue weighted by molar-refractivity contribution is 0.0525. The van der Waals surface area contributed by atoms with Crippen LogP contribution in [0.25, 0.3) is 11.0 Å². The lowest BCUT2D eigenvalue weighted by Gasteiger charge is -2.16. The van der Waals surface area contributed by atoms with Crippen molar-refractivity contribution in [3.05, 3.63) is 34.2 Å². The zero-order valence-corrected chi connectivity index (χ0v) is 11.7. The summed E-state index contributed by atoms with van der Waals surface area (Å²) in [5.74, 6) is -0.699. The average molecular weight is 275 g/mol. The molecule has 0 aliphatic heterocycles. The molecule has 0 aliphatic carbocycles. The molecule has 0 unspecified atom stereocenters. The predicted molar refractivity (Wildman–Crippen MR) is 76.8 cm³/mol. The number of esters is 1. The number of carbonyl (C=O) groups is 1. The highest BCUT2D eigenvalue weighted by atomic mass is 16.5. The highest BCUT2D eigenvalue weighted by Gasteiger charge is 2.23. The number of aromatic nitrogens is 2. The molecule has 0 amide bonds. The van der Waals surface area contributed by atoms with Crippen LogP contribution in [-0.2, 0) is 4.74 Å². The van der Waals surface area contributed by atoms with Crippen LogP contribution in [0.5, 0.6) is 0 Å². The van der Waals surface area contributed by atoms with Crippen LogP contribution in [0.1, 0.15) is 37.2 Å². The lowest BCUT2D eigenvalue weighted by Crippen LogP contribution is -2.31. The van der Waals surface area contributed by atoms with Gasteiger partial charge in [-0.15, -0.1) is 0 Å². The summed E-state index contributed by atoms with van der Waals surface area (Å²) in [6.45, 7) is 5.56.